The lowest BCUT2D eigenvalue weighted by atomic mass is 10.0. The van der Waals surface area contributed by atoms with Gasteiger partial charge in [0.05, 0.1) is 13.2 Å². The van der Waals surface area contributed by atoms with Crippen molar-refractivity contribution in [2.45, 2.75) is 39.2 Å². The van der Waals surface area contributed by atoms with Gasteiger partial charge in [0, 0.05) is 44.3 Å². The van der Waals surface area contributed by atoms with E-state index in [1.54, 1.807) is 0 Å². The summed E-state index contributed by atoms with van der Waals surface area (Å²) < 4.78 is 5.43. The van der Waals surface area contributed by atoms with Gasteiger partial charge in [-0.2, -0.15) is 0 Å². The smallest absolute Gasteiger partial charge is 0.253 e. The quantitative estimate of drug-likeness (QED) is 0.794. The third-order valence-corrected chi connectivity index (χ3v) is 5.55. The Morgan fingerprint density at radius 1 is 1.04 bits per heavy atom. The molecule has 3 rings (SSSR count). The molecule has 1 unspecified atom stereocenters. The summed E-state index contributed by atoms with van der Waals surface area (Å²) in [5, 5.41) is 0. The minimum absolute atomic E-state index is 0.0497. The Kier molecular flexibility index (Phi) is 6.72. The molecule has 0 bridgehead atoms. The summed E-state index contributed by atoms with van der Waals surface area (Å²) in [7, 11) is 0. The van der Waals surface area contributed by atoms with Crippen LogP contribution in [0.4, 0.5) is 0 Å². The molecule has 6 nitrogen and oxygen atoms in total. The molecule has 1 aromatic carbocycles. The van der Waals surface area contributed by atoms with Crippen LogP contribution in [0.1, 0.15) is 43.5 Å². The number of likely N-dealkylation sites (tertiary alicyclic amines) is 1. The third kappa shape index (κ3) is 5.01. The summed E-state index contributed by atoms with van der Waals surface area (Å²) in [6.45, 7) is 8.87. The van der Waals surface area contributed by atoms with E-state index in [0.29, 0.717) is 37.8 Å². The maximum absolute atomic E-state index is 12.7. The minimum atomic E-state index is 0.0497. The Hall–Kier alpha value is -2.08. The Balaban J connectivity index is 1.48. The van der Waals surface area contributed by atoms with Crippen molar-refractivity contribution in [1.82, 2.24) is 14.7 Å². The van der Waals surface area contributed by atoms with Gasteiger partial charge in [-0.1, -0.05) is 0 Å². The lowest BCUT2D eigenvalue weighted by molar-refractivity contribution is -0.136. The topological polar surface area (TPSA) is 53.1 Å². The molecule has 2 saturated heterocycles. The summed E-state index contributed by atoms with van der Waals surface area (Å²) in [4.78, 5) is 31.3. The first-order valence-corrected chi connectivity index (χ1v) is 10.1. The molecule has 0 N–H and O–H groups in total. The van der Waals surface area contributed by atoms with Crippen LogP contribution in [0.15, 0.2) is 24.3 Å². The second-order valence-electron chi connectivity index (χ2n) is 7.46. The fourth-order valence-corrected chi connectivity index (χ4v) is 3.90. The van der Waals surface area contributed by atoms with Gasteiger partial charge in [0.15, 0.2) is 0 Å². The predicted octanol–water partition coefficient (Wildman–Crippen LogP) is 2.24. The Bertz CT molecular complexity index is 639. The molecular weight excluding hydrogens is 342 g/mol. The van der Waals surface area contributed by atoms with E-state index in [0.717, 1.165) is 38.2 Å². The first kappa shape index (κ1) is 19.7. The first-order chi connectivity index (χ1) is 13.1. The van der Waals surface area contributed by atoms with Crippen molar-refractivity contribution < 1.29 is 14.3 Å². The Morgan fingerprint density at radius 3 is 2.37 bits per heavy atom. The van der Waals surface area contributed by atoms with E-state index in [1.807, 2.05) is 41.0 Å². The van der Waals surface area contributed by atoms with Crippen molar-refractivity contribution in [3.8, 4) is 5.75 Å². The van der Waals surface area contributed by atoms with E-state index >= 15 is 0 Å². The molecule has 0 radical (unpaired) electrons. The van der Waals surface area contributed by atoms with Crippen LogP contribution in [0, 0.1) is 0 Å². The van der Waals surface area contributed by atoms with Crippen LogP contribution < -0.4 is 4.74 Å². The maximum Gasteiger partial charge on any atom is 0.253 e. The van der Waals surface area contributed by atoms with Crippen molar-refractivity contribution in [3.63, 3.8) is 0 Å². The van der Waals surface area contributed by atoms with Crippen molar-refractivity contribution >= 4 is 11.8 Å². The molecule has 148 valence electrons. The van der Waals surface area contributed by atoms with Gasteiger partial charge in [0.25, 0.3) is 5.91 Å². The first-order valence-electron chi connectivity index (χ1n) is 10.1. The number of carbonyl (C=O) groups is 2. The zero-order valence-corrected chi connectivity index (χ0v) is 16.5. The van der Waals surface area contributed by atoms with E-state index in [-0.39, 0.29) is 11.8 Å². The van der Waals surface area contributed by atoms with Gasteiger partial charge in [-0.3, -0.25) is 14.5 Å². The van der Waals surface area contributed by atoms with Crippen LogP contribution in [0.5, 0.6) is 5.75 Å². The number of ether oxygens (including phenoxy) is 1. The van der Waals surface area contributed by atoms with Crippen LogP contribution >= 0.6 is 0 Å². The summed E-state index contributed by atoms with van der Waals surface area (Å²) in [5.74, 6) is 1.06. The molecule has 0 aromatic heterocycles. The van der Waals surface area contributed by atoms with Gasteiger partial charge in [-0.05, 0) is 57.4 Å². The van der Waals surface area contributed by atoms with Crippen LogP contribution in [0.2, 0.25) is 0 Å². The number of rotatable bonds is 5. The van der Waals surface area contributed by atoms with Crippen LogP contribution in [-0.4, -0.2) is 78.4 Å². The van der Waals surface area contributed by atoms with E-state index in [9.17, 15) is 9.59 Å². The molecule has 0 spiro atoms. The summed E-state index contributed by atoms with van der Waals surface area (Å²) >= 11 is 0. The molecule has 1 aromatic rings. The number of carbonyl (C=O) groups excluding carboxylic acids is 2. The number of hydrogen-bond donors (Lipinski definition) is 0. The molecule has 2 aliphatic heterocycles. The summed E-state index contributed by atoms with van der Waals surface area (Å²) in [5.41, 5.74) is 0.685. The van der Waals surface area contributed by atoms with Gasteiger partial charge in [-0.15, -0.1) is 0 Å². The summed E-state index contributed by atoms with van der Waals surface area (Å²) in [6, 6.07) is 7.67. The lowest BCUT2D eigenvalue weighted by Gasteiger charge is -2.38. The van der Waals surface area contributed by atoms with Crippen LogP contribution in [0.3, 0.4) is 0 Å². The SMILES string of the molecule is CCOc1ccc(C(=O)N2CCN(CC(=O)N3CCCCC3C)CC2)cc1. The van der Waals surface area contributed by atoms with Crippen LogP contribution in [0.25, 0.3) is 0 Å². The average Bonchev–Trinajstić information content (AvgIpc) is 2.69. The standard InChI is InChI=1S/C21H31N3O3/c1-3-27-19-9-7-18(8-10-19)21(26)23-14-12-22(13-15-23)16-20(25)24-11-5-4-6-17(24)2/h7-10,17H,3-6,11-16H2,1-2H3. The molecule has 6 heteroatoms. The predicted molar refractivity (Wildman–Crippen MR) is 105 cm³/mol. The highest BCUT2D eigenvalue weighted by atomic mass is 16.5. The van der Waals surface area contributed by atoms with Crippen molar-refractivity contribution in [3.05, 3.63) is 29.8 Å². The van der Waals surface area contributed by atoms with Crippen molar-refractivity contribution in [2.24, 2.45) is 0 Å². The van der Waals surface area contributed by atoms with E-state index in [2.05, 4.69) is 11.8 Å². The number of amides is 2. The lowest BCUT2D eigenvalue weighted by Crippen LogP contribution is -2.53. The second-order valence-corrected chi connectivity index (χ2v) is 7.46. The summed E-state index contributed by atoms with van der Waals surface area (Å²) in [6.07, 6.45) is 3.44. The minimum Gasteiger partial charge on any atom is -0.494 e. The fraction of sp³-hybridized carbons (Fsp3) is 0.619. The molecule has 2 aliphatic rings. The highest BCUT2D eigenvalue weighted by Crippen LogP contribution is 2.18. The average molecular weight is 373 g/mol. The number of piperazine rings is 1. The van der Waals surface area contributed by atoms with Gasteiger partial charge in [0.2, 0.25) is 5.91 Å². The molecule has 2 amide bonds. The van der Waals surface area contributed by atoms with E-state index in [4.69, 9.17) is 4.74 Å². The van der Waals surface area contributed by atoms with Gasteiger partial charge < -0.3 is 14.5 Å². The highest BCUT2D eigenvalue weighted by Gasteiger charge is 2.27. The van der Waals surface area contributed by atoms with Crippen molar-refractivity contribution in [2.75, 3.05) is 45.9 Å². The maximum atomic E-state index is 12.7. The number of hydrogen-bond acceptors (Lipinski definition) is 4. The van der Waals surface area contributed by atoms with Crippen LogP contribution in [-0.2, 0) is 4.79 Å². The number of nitrogens with zero attached hydrogens (tertiary/aromatic N) is 3. The molecule has 2 fully saturated rings. The van der Waals surface area contributed by atoms with Crippen molar-refractivity contribution in [1.29, 1.82) is 0 Å². The second kappa shape index (κ2) is 9.22. The third-order valence-electron chi connectivity index (χ3n) is 5.55. The Morgan fingerprint density at radius 2 is 1.74 bits per heavy atom. The highest BCUT2D eigenvalue weighted by molar-refractivity contribution is 5.94. The Labute approximate surface area is 162 Å². The van der Waals surface area contributed by atoms with Gasteiger partial charge in [-0.25, -0.2) is 0 Å². The van der Waals surface area contributed by atoms with Gasteiger partial charge in [0.1, 0.15) is 5.75 Å². The fourth-order valence-electron chi connectivity index (χ4n) is 3.90. The number of piperidine rings is 1. The molecule has 27 heavy (non-hydrogen) atoms. The molecule has 0 aliphatic carbocycles. The zero-order valence-electron chi connectivity index (χ0n) is 16.5. The van der Waals surface area contributed by atoms with E-state index in [1.165, 1.54) is 6.42 Å². The van der Waals surface area contributed by atoms with Gasteiger partial charge >= 0.3 is 0 Å². The molecule has 1 atom stereocenters. The normalized spacial score (nSPS) is 21.2. The number of benzene rings is 1. The van der Waals surface area contributed by atoms with E-state index < -0.39 is 0 Å². The zero-order chi connectivity index (χ0) is 19.2. The largest absolute Gasteiger partial charge is 0.494 e. The molecule has 0 saturated carbocycles. The monoisotopic (exact) mass is 373 g/mol. The molecular formula is C21H31N3O3. The molecule has 2 heterocycles.